The smallest absolute Gasteiger partial charge is 0.148 e. The van der Waals surface area contributed by atoms with E-state index in [-0.39, 0.29) is 6.17 Å². The molecule has 5 heteroatoms. The van der Waals surface area contributed by atoms with Gasteiger partial charge in [-0.05, 0) is 37.5 Å². The van der Waals surface area contributed by atoms with Crippen molar-refractivity contribution in [2.45, 2.75) is 70.5 Å². The van der Waals surface area contributed by atoms with E-state index in [4.69, 9.17) is 4.99 Å². The summed E-state index contributed by atoms with van der Waals surface area (Å²) in [6.07, 6.45) is 14.7. The van der Waals surface area contributed by atoms with E-state index in [1.807, 2.05) is 12.7 Å². The summed E-state index contributed by atoms with van der Waals surface area (Å²) in [5, 5.41) is 3.82. The summed E-state index contributed by atoms with van der Waals surface area (Å²) in [4.78, 5) is 11.8. The molecule has 2 fully saturated rings. The van der Waals surface area contributed by atoms with Gasteiger partial charge in [0.2, 0.25) is 0 Å². The fourth-order valence-corrected chi connectivity index (χ4v) is 4.90. The second-order valence-electron chi connectivity index (χ2n) is 7.93. The van der Waals surface area contributed by atoms with Gasteiger partial charge in [-0.15, -0.1) is 0 Å². The highest BCUT2D eigenvalue weighted by Crippen LogP contribution is 2.45. The summed E-state index contributed by atoms with van der Waals surface area (Å²) < 4.78 is 2.15. The number of nitrogens with zero attached hydrogens (tertiary/aromatic N) is 4. The average molecular weight is 329 g/mol. The summed E-state index contributed by atoms with van der Waals surface area (Å²) in [7, 11) is 2.10. The minimum absolute atomic E-state index is 0.0393. The molecule has 0 aromatic carbocycles. The third-order valence-electron chi connectivity index (χ3n) is 6.18. The van der Waals surface area contributed by atoms with E-state index in [0.29, 0.717) is 6.04 Å². The van der Waals surface area contributed by atoms with Crippen LogP contribution in [-0.4, -0.2) is 28.5 Å². The van der Waals surface area contributed by atoms with Gasteiger partial charge in [0.15, 0.2) is 0 Å². The van der Waals surface area contributed by atoms with Gasteiger partial charge in [-0.3, -0.25) is 5.32 Å². The van der Waals surface area contributed by atoms with Crippen LogP contribution in [0.2, 0.25) is 0 Å². The Morgan fingerprint density at radius 3 is 2.88 bits per heavy atom. The van der Waals surface area contributed by atoms with E-state index >= 15 is 0 Å². The van der Waals surface area contributed by atoms with Crippen LogP contribution in [0.5, 0.6) is 0 Å². The highest BCUT2D eigenvalue weighted by Gasteiger charge is 2.41. The lowest BCUT2D eigenvalue weighted by atomic mass is 9.95. The predicted octanol–water partition coefficient (Wildman–Crippen LogP) is 3.63. The minimum atomic E-state index is 0.0393. The number of unbranched alkanes of at least 4 members (excludes halogenated alkanes) is 3. The Balaban J connectivity index is 1.44. The van der Waals surface area contributed by atoms with Crippen molar-refractivity contribution in [3.8, 4) is 0 Å². The number of hydrogen-bond acceptors (Lipinski definition) is 4. The number of aryl methyl sites for hydroxylation is 1. The molecule has 4 unspecified atom stereocenters. The van der Waals surface area contributed by atoms with Gasteiger partial charge in [0, 0.05) is 19.6 Å². The highest BCUT2D eigenvalue weighted by atomic mass is 15.3. The first-order valence-electron chi connectivity index (χ1n) is 9.83. The van der Waals surface area contributed by atoms with Crippen LogP contribution in [0, 0.1) is 11.8 Å². The average Bonchev–Trinajstić information content (AvgIpc) is 3.29. The Morgan fingerprint density at radius 1 is 1.21 bits per heavy atom. The number of fused-ring (bicyclic) bond motifs is 3. The first-order valence-corrected chi connectivity index (χ1v) is 9.83. The van der Waals surface area contributed by atoms with Crippen molar-refractivity contribution < 1.29 is 0 Å². The molecule has 2 bridgehead atoms. The predicted molar refractivity (Wildman–Crippen MR) is 98.3 cm³/mol. The lowest BCUT2D eigenvalue weighted by Gasteiger charge is -2.31. The third kappa shape index (κ3) is 2.99. The largest absolute Gasteiger partial charge is 0.320 e. The molecule has 0 amide bonds. The Kier molecular flexibility index (Phi) is 4.61. The SMILES string of the molecule is CCCCCCN1C=NC(NC2CC3CCC2C3)c2ncn(C)c21. The van der Waals surface area contributed by atoms with Gasteiger partial charge < -0.3 is 9.47 Å². The lowest BCUT2D eigenvalue weighted by molar-refractivity contribution is 0.320. The highest BCUT2D eigenvalue weighted by molar-refractivity contribution is 5.81. The number of anilines is 1. The van der Waals surface area contributed by atoms with Gasteiger partial charge >= 0.3 is 0 Å². The van der Waals surface area contributed by atoms with E-state index in [0.717, 1.165) is 24.1 Å². The molecule has 3 aliphatic rings. The molecule has 2 saturated carbocycles. The van der Waals surface area contributed by atoms with E-state index in [1.165, 1.54) is 57.2 Å². The van der Waals surface area contributed by atoms with Crippen molar-refractivity contribution in [1.29, 1.82) is 0 Å². The Bertz CT molecular complexity index is 593. The Labute approximate surface area is 145 Å². The molecular formula is C19H31N5. The van der Waals surface area contributed by atoms with Crippen molar-refractivity contribution in [3.05, 3.63) is 12.0 Å². The van der Waals surface area contributed by atoms with E-state index in [2.05, 4.69) is 33.7 Å². The van der Waals surface area contributed by atoms with Crippen molar-refractivity contribution in [1.82, 2.24) is 14.9 Å². The second kappa shape index (κ2) is 6.87. The maximum absolute atomic E-state index is 4.83. The van der Waals surface area contributed by atoms with Gasteiger partial charge in [-0.2, -0.15) is 0 Å². The summed E-state index contributed by atoms with van der Waals surface area (Å²) in [5.41, 5.74) is 1.11. The summed E-state index contributed by atoms with van der Waals surface area (Å²) in [6.45, 7) is 3.30. The molecule has 2 aliphatic carbocycles. The van der Waals surface area contributed by atoms with Gasteiger partial charge in [0.1, 0.15) is 17.7 Å². The molecule has 2 heterocycles. The normalized spacial score (nSPS) is 31.0. The first kappa shape index (κ1) is 16.1. The molecule has 1 aliphatic heterocycles. The molecule has 132 valence electrons. The molecular weight excluding hydrogens is 298 g/mol. The molecule has 5 nitrogen and oxygen atoms in total. The van der Waals surface area contributed by atoms with Crippen molar-refractivity contribution in [2.75, 3.05) is 11.4 Å². The van der Waals surface area contributed by atoms with E-state index in [1.54, 1.807) is 0 Å². The molecule has 1 aromatic heterocycles. The molecule has 4 atom stereocenters. The number of imidazole rings is 1. The van der Waals surface area contributed by atoms with Crippen molar-refractivity contribution in [2.24, 2.45) is 23.9 Å². The maximum atomic E-state index is 4.83. The van der Waals surface area contributed by atoms with Gasteiger partial charge in [0.25, 0.3) is 0 Å². The van der Waals surface area contributed by atoms with Gasteiger partial charge in [0.05, 0.1) is 12.7 Å². The third-order valence-corrected chi connectivity index (χ3v) is 6.18. The van der Waals surface area contributed by atoms with Crippen molar-refractivity contribution >= 4 is 12.2 Å². The van der Waals surface area contributed by atoms with E-state index in [9.17, 15) is 0 Å². The monoisotopic (exact) mass is 329 g/mol. The Morgan fingerprint density at radius 2 is 2.12 bits per heavy atom. The molecule has 0 saturated heterocycles. The zero-order chi connectivity index (χ0) is 16.5. The van der Waals surface area contributed by atoms with Crippen LogP contribution in [0.3, 0.4) is 0 Å². The molecule has 4 rings (SSSR count). The van der Waals surface area contributed by atoms with Gasteiger partial charge in [-0.25, -0.2) is 9.98 Å². The first-order chi connectivity index (χ1) is 11.8. The van der Waals surface area contributed by atoms with Crippen LogP contribution in [-0.2, 0) is 7.05 Å². The quantitative estimate of drug-likeness (QED) is 0.777. The lowest BCUT2D eigenvalue weighted by Crippen LogP contribution is -2.39. The second-order valence-corrected chi connectivity index (χ2v) is 7.93. The topological polar surface area (TPSA) is 45.4 Å². The number of hydrogen-bond donors (Lipinski definition) is 1. The van der Waals surface area contributed by atoms with Crippen LogP contribution < -0.4 is 10.2 Å². The van der Waals surface area contributed by atoms with Gasteiger partial charge in [-0.1, -0.05) is 32.6 Å². The summed E-state index contributed by atoms with van der Waals surface area (Å²) >= 11 is 0. The fourth-order valence-electron chi connectivity index (χ4n) is 4.90. The van der Waals surface area contributed by atoms with Crippen LogP contribution in [0.15, 0.2) is 11.3 Å². The summed E-state index contributed by atoms with van der Waals surface area (Å²) in [5.74, 6) is 3.05. The standard InChI is InChI=1S/C19H31N5/c1-3-4-5-6-9-24-13-21-18(17-19(24)23(2)12-20-17)22-16-11-14-7-8-15(16)10-14/h12-16,18,22H,3-11H2,1-2H3. The van der Waals surface area contributed by atoms with Crippen LogP contribution in [0.4, 0.5) is 5.82 Å². The minimum Gasteiger partial charge on any atom is -0.320 e. The molecule has 0 spiro atoms. The number of aliphatic imine (C=N–C) groups is 1. The molecule has 1 aromatic rings. The van der Waals surface area contributed by atoms with Crippen molar-refractivity contribution in [3.63, 3.8) is 0 Å². The Hall–Kier alpha value is -1.36. The summed E-state index contributed by atoms with van der Waals surface area (Å²) in [6, 6.07) is 0.636. The molecule has 0 radical (unpaired) electrons. The molecule has 24 heavy (non-hydrogen) atoms. The zero-order valence-corrected chi connectivity index (χ0v) is 15.1. The number of rotatable bonds is 7. The fraction of sp³-hybridized carbons (Fsp3) is 0.789. The maximum Gasteiger partial charge on any atom is 0.148 e. The van der Waals surface area contributed by atoms with Crippen LogP contribution in [0.25, 0.3) is 0 Å². The zero-order valence-electron chi connectivity index (χ0n) is 15.1. The molecule has 1 N–H and O–H groups in total. The number of nitrogens with one attached hydrogen (secondary N) is 1. The van der Waals surface area contributed by atoms with Crippen LogP contribution >= 0.6 is 0 Å². The van der Waals surface area contributed by atoms with Crippen LogP contribution in [0.1, 0.15) is 70.2 Å². The van der Waals surface area contributed by atoms with E-state index < -0.39 is 0 Å². The number of aromatic nitrogens is 2.